The molecule has 2 unspecified atom stereocenters. The number of hydrogen-bond acceptors (Lipinski definition) is 12. The molecule has 88 heavy (non-hydrogen) atoms. The maximum atomic E-state index is 12.6. The average molecular weight is 1210 g/mol. The second kappa shape index (κ2) is 27.6. The highest BCUT2D eigenvalue weighted by Gasteiger charge is 2.54. The van der Waals surface area contributed by atoms with Crippen LogP contribution >= 0.6 is 0 Å². The van der Waals surface area contributed by atoms with Crippen molar-refractivity contribution in [3.8, 4) is 11.5 Å². The average Bonchev–Trinajstić information content (AvgIpc) is 2.00. The Morgan fingerprint density at radius 3 is 1.42 bits per heavy atom. The van der Waals surface area contributed by atoms with E-state index in [-0.39, 0.29) is 38.0 Å². The van der Waals surface area contributed by atoms with Crippen LogP contribution in [0.4, 0.5) is 8.78 Å². The lowest BCUT2D eigenvalue weighted by molar-refractivity contribution is -0.0367. The molecule has 6 fully saturated rings. The minimum absolute atomic E-state index is 0.0127. The number of fused-ring (bicyclic) bond motifs is 2. The minimum Gasteiger partial charge on any atom is -0.489 e. The molecular weight excluding hydrogens is 1110 g/mol. The molecule has 0 N–H and O–H groups in total. The van der Waals surface area contributed by atoms with E-state index in [4.69, 9.17) is 47.8 Å². The van der Waals surface area contributed by atoms with Gasteiger partial charge in [-0.05, 0) is 225 Å². The smallest absolute Gasteiger partial charge is 0.489 e. The molecule has 6 aliphatic heterocycles. The predicted molar refractivity (Wildman–Crippen MR) is 348 cm³/mol. The predicted octanol–water partition coefficient (Wildman–Crippen LogP) is 14.9. The molecule has 0 amide bonds. The number of alkyl halides is 2. The van der Waals surface area contributed by atoms with Crippen LogP contribution < -0.4 is 9.47 Å². The van der Waals surface area contributed by atoms with Crippen molar-refractivity contribution in [1.29, 1.82) is 0 Å². The van der Waals surface area contributed by atoms with E-state index in [0.717, 1.165) is 189 Å². The van der Waals surface area contributed by atoms with Gasteiger partial charge in [-0.25, -0.2) is 9.36 Å². The van der Waals surface area contributed by atoms with Crippen molar-refractivity contribution in [1.82, 2.24) is 29.4 Å². The maximum Gasteiger partial charge on any atom is 0.495 e. The zero-order valence-electron chi connectivity index (χ0n) is 54.0. The summed E-state index contributed by atoms with van der Waals surface area (Å²) in [6.45, 7) is 27.4. The Bertz CT molecular complexity index is 3340. The van der Waals surface area contributed by atoms with Crippen molar-refractivity contribution in [2.24, 2.45) is 0 Å². The summed E-state index contributed by atoms with van der Waals surface area (Å²) in [5.41, 5.74) is 9.15. The Morgan fingerprint density at radius 1 is 0.534 bits per heavy atom. The van der Waals surface area contributed by atoms with Crippen molar-refractivity contribution >= 4 is 52.7 Å². The van der Waals surface area contributed by atoms with E-state index in [1.165, 1.54) is 5.57 Å². The normalized spacial score (nSPS) is 24.2. The minimum atomic E-state index is -0.520. The molecule has 0 radical (unpaired) electrons. The SMILES string of the molecule is CC/C(=C(/B1OC(C)(C)C(C)(C)O1)c1ccc2c(cnn2C2CCCCO2)c1)c1ccc(O[C@H]2CCN(CCCF)C2)cc1.CC/C(B1OC(C)(C)C(C)(C)O1)=C(/c1ccc(O[C@H]2CCN(CCCF)C2)cc1)c1ccc2c(cnn2C2CCCCO2)c1. The third kappa shape index (κ3) is 14.0. The van der Waals surface area contributed by atoms with Gasteiger partial charge in [-0.3, -0.25) is 18.6 Å². The molecule has 0 bridgehead atoms. The van der Waals surface area contributed by atoms with Crippen molar-refractivity contribution in [3.63, 3.8) is 0 Å². The van der Waals surface area contributed by atoms with Gasteiger partial charge in [0.2, 0.25) is 0 Å². The lowest BCUT2D eigenvalue weighted by atomic mass is 9.69. The summed E-state index contributed by atoms with van der Waals surface area (Å²) >= 11 is 0. The second-order valence-electron chi connectivity index (χ2n) is 26.8. The fraction of sp³-hybridized carbons (Fsp3) is 0.571. The summed E-state index contributed by atoms with van der Waals surface area (Å²) in [5.74, 6) is 1.71. The Kier molecular flexibility index (Phi) is 20.1. The molecule has 8 heterocycles. The van der Waals surface area contributed by atoms with Gasteiger partial charge < -0.3 is 37.6 Å². The third-order valence-electron chi connectivity index (χ3n) is 19.7. The number of ether oxygens (including phenoxy) is 4. The zero-order valence-corrected chi connectivity index (χ0v) is 54.0. The highest BCUT2D eigenvalue weighted by molar-refractivity contribution is 6.71. The topological polar surface area (TPSA) is 116 Å². The van der Waals surface area contributed by atoms with Crippen LogP contribution in [0.25, 0.3) is 38.4 Å². The van der Waals surface area contributed by atoms with E-state index in [9.17, 15) is 8.78 Å². The van der Waals surface area contributed by atoms with Crippen molar-refractivity contribution in [3.05, 3.63) is 125 Å². The Hall–Kier alpha value is -5.43. The number of rotatable bonds is 20. The van der Waals surface area contributed by atoms with Crippen LogP contribution in [-0.4, -0.2) is 144 Å². The van der Waals surface area contributed by atoms with Gasteiger partial charge in [0.1, 0.15) is 23.7 Å². The fourth-order valence-corrected chi connectivity index (χ4v) is 13.2. The van der Waals surface area contributed by atoms with Gasteiger partial charge in [-0.15, -0.1) is 0 Å². The van der Waals surface area contributed by atoms with E-state index in [1.54, 1.807) is 0 Å². The Balaban J connectivity index is 0.000000182. The summed E-state index contributed by atoms with van der Waals surface area (Å²) in [4.78, 5) is 4.58. The van der Waals surface area contributed by atoms with E-state index >= 15 is 0 Å². The maximum absolute atomic E-state index is 12.6. The molecule has 4 aromatic carbocycles. The summed E-state index contributed by atoms with van der Waals surface area (Å²) in [6, 6.07) is 30.0. The highest BCUT2D eigenvalue weighted by Crippen LogP contribution is 2.46. The van der Waals surface area contributed by atoms with E-state index in [2.05, 4.69) is 164 Å². The fourth-order valence-electron chi connectivity index (χ4n) is 13.2. The summed E-state index contributed by atoms with van der Waals surface area (Å²) in [6.07, 6.45) is 15.3. The van der Waals surface area contributed by atoms with Crippen molar-refractivity contribution in [2.75, 3.05) is 65.8 Å². The number of halogens is 2. The summed E-state index contributed by atoms with van der Waals surface area (Å²) in [7, 11) is -0.979. The third-order valence-corrected chi connectivity index (χ3v) is 19.7. The van der Waals surface area contributed by atoms with Gasteiger partial charge in [0, 0.05) is 63.3 Å². The van der Waals surface area contributed by atoms with Crippen molar-refractivity contribution < 1.29 is 46.3 Å². The van der Waals surface area contributed by atoms with Crippen LogP contribution in [-0.2, 0) is 28.1 Å². The van der Waals surface area contributed by atoms with E-state index < -0.39 is 36.6 Å². The first-order valence-electron chi connectivity index (χ1n) is 32.8. The van der Waals surface area contributed by atoms with Gasteiger partial charge >= 0.3 is 14.2 Å². The van der Waals surface area contributed by atoms with Crippen LogP contribution in [0.1, 0.15) is 181 Å². The molecule has 0 aliphatic carbocycles. The second-order valence-corrected chi connectivity index (χ2v) is 26.8. The molecular formula is C70H94B2F2N6O8. The number of hydrogen-bond donors (Lipinski definition) is 0. The molecule has 18 heteroatoms. The van der Waals surface area contributed by atoms with Crippen LogP contribution in [0.3, 0.4) is 0 Å². The zero-order chi connectivity index (χ0) is 61.8. The van der Waals surface area contributed by atoms with Crippen LogP contribution in [0.5, 0.6) is 11.5 Å². The van der Waals surface area contributed by atoms with Crippen LogP contribution in [0.15, 0.2) is 103 Å². The molecule has 12 rings (SSSR count). The number of nitrogens with zero attached hydrogens (tertiary/aromatic N) is 6. The molecule has 4 atom stereocenters. The quantitative estimate of drug-likeness (QED) is 0.0535. The lowest BCUT2D eigenvalue weighted by Gasteiger charge is -2.32. The highest BCUT2D eigenvalue weighted by atomic mass is 19.1. The van der Waals surface area contributed by atoms with Gasteiger partial charge in [0.25, 0.3) is 0 Å². The first-order valence-corrected chi connectivity index (χ1v) is 32.8. The van der Waals surface area contributed by atoms with Gasteiger partial charge in [0.15, 0.2) is 12.5 Å². The summed E-state index contributed by atoms with van der Waals surface area (Å²) < 4.78 is 80.7. The van der Waals surface area contributed by atoms with E-state index in [1.807, 2.05) is 21.8 Å². The van der Waals surface area contributed by atoms with Crippen molar-refractivity contribution in [2.45, 2.75) is 193 Å². The molecule has 6 aliphatic rings. The van der Waals surface area contributed by atoms with Gasteiger partial charge in [-0.1, -0.05) is 50.2 Å². The number of allylic oxidation sites excluding steroid dienone is 2. The number of benzene rings is 4. The Morgan fingerprint density at radius 2 is 0.977 bits per heavy atom. The number of aromatic nitrogens is 4. The molecule has 6 aromatic rings. The molecule has 0 spiro atoms. The first kappa shape index (κ1) is 64.1. The molecule has 14 nitrogen and oxygen atoms in total. The number of likely N-dealkylation sites (tertiary alicyclic amines) is 2. The largest absolute Gasteiger partial charge is 0.495 e. The summed E-state index contributed by atoms with van der Waals surface area (Å²) in [5, 5.41) is 11.6. The Labute approximate surface area is 521 Å². The van der Waals surface area contributed by atoms with Gasteiger partial charge in [0.05, 0.1) is 59.2 Å². The first-order chi connectivity index (χ1) is 42.4. The van der Waals surface area contributed by atoms with E-state index in [0.29, 0.717) is 12.8 Å². The molecule has 0 saturated carbocycles. The van der Waals surface area contributed by atoms with Crippen LogP contribution in [0.2, 0.25) is 0 Å². The van der Waals surface area contributed by atoms with Gasteiger partial charge in [-0.2, -0.15) is 10.2 Å². The lowest BCUT2D eigenvalue weighted by Crippen LogP contribution is -2.41. The molecule has 2 aromatic heterocycles. The van der Waals surface area contributed by atoms with Crippen LogP contribution in [0, 0.1) is 0 Å². The molecule has 472 valence electrons. The standard InChI is InChI=1S/2C35H47BFN3O4/c1-6-30(36-43-34(2,3)35(4,5)44-36)33(25-11-14-28(15-12-25)42-29-17-20-39(24-29)19-9-18-37)26-13-16-31-27(22-26)23-38-40(31)32-10-7-8-21-41-32;1-6-30(25-11-14-28(15-12-25)42-29-17-20-39(24-29)19-9-18-37)33(36-43-34(2,3)35(4,5)44-36)26-13-16-31-27(22-26)23-38-40(31)32-10-7-8-21-41-32/h2*11-16,22-23,29,32H,6-10,17-21,24H2,1-5H3/b33-30+;33-30-/t2*29-,32?/m00/s1. The monoisotopic (exact) mass is 1210 g/mol. The molecule has 6 saturated heterocycles.